The molecule has 2 fully saturated rings. The van der Waals surface area contributed by atoms with Gasteiger partial charge in [0.25, 0.3) is 0 Å². The molecule has 100 valence electrons. The van der Waals surface area contributed by atoms with Crippen LogP contribution in [0.15, 0.2) is 6.07 Å². The van der Waals surface area contributed by atoms with E-state index in [2.05, 4.69) is 10.4 Å². The van der Waals surface area contributed by atoms with E-state index in [1.807, 2.05) is 0 Å². The summed E-state index contributed by atoms with van der Waals surface area (Å²) >= 11 is 0. The summed E-state index contributed by atoms with van der Waals surface area (Å²) < 4.78 is 39.1. The van der Waals surface area contributed by atoms with Gasteiger partial charge in [0.1, 0.15) is 0 Å². The summed E-state index contributed by atoms with van der Waals surface area (Å²) in [5.74, 6) is 0.479. The number of hydrogen-bond acceptors (Lipinski definition) is 2. The highest BCUT2D eigenvalue weighted by Gasteiger charge is 2.48. The quantitative estimate of drug-likeness (QED) is 0.882. The van der Waals surface area contributed by atoms with Gasteiger partial charge in [0.2, 0.25) is 0 Å². The maximum atomic E-state index is 12.5. The van der Waals surface area contributed by atoms with Crippen LogP contribution in [0.2, 0.25) is 0 Å². The van der Waals surface area contributed by atoms with Crippen molar-refractivity contribution in [3.8, 4) is 0 Å². The van der Waals surface area contributed by atoms with Crippen LogP contribution < -0.4 is 5.32 Å². The largest absolute Gasteiger partial charge is 0.435 e. The maximum Gasteiger partial charge on any atom is 0.435 e. The van der Waals surface area contributed by atoms with E-state index in [0.717, 1.165) is 32.0 Å². The molecule has 1 aliphatic carbocycles. The van der Waals surface area contributed by atoms with E-state index in [0.29, 0.717) is 23.6 Å². The van der Waals surface area contributed by atoms with Gasteiger partial charge in [-0.05, 0) is 37.2 Å². The van der Waals surface area contributed by atoms with Gasteiger partial charge in [-0.25, -0.2) is 0 Å². The Kier molecular flexibility index (Phi) is 2.49. The number of rotatable bonds is 2. The first-order valence-electron chi connectivity index (χ1n) is 6.20. The van der Waals surface area contributed by atoms with Crippen molar-refractivity contribution in [3.05, 3.63) is 17.5 Å². The normalized spacial score (nSPS) is 22.9. The lowest BCUT2D eigenvalue weighted by Crippen LogP contribution is -2.60. The lowest BCUT2D eigenvalue weighted by Gasteiger charge is -2.54. The molecule has 3 rings (SSSR count). The molecule has 2 aliphatic rings. The Hall–Kier alpha value is -1.04. The summed E-state index contributed by atoms with van der Waals surface area (Å²) in [5, 5.41) is 6.92. The Morgan fingerprint density at radius 1 is 1.44 bits per heavy atom. The Labute approximate surface area is 103 Å². The van der Waals surface area contributed by atoms with Crippen molar-refractivity contribution in [1.29, 1.82) is 0 Å². The smallest absolute Gasteiger partial charge is 0.316 e. The molecular formula is C12H16F3N3. The van der Waals surface area contributed by atoms with Gasteiger partial charge in [-0.15, -0.1) is 0 Å². The summed E-state index contributed by atoms with van der Waals surface area (Å²) in [7, 11) is 0. The molecule has 0 bridgehead atoms. The molecule has 1 aliphatic heterocycles. The topological polar surface area (TPSA) is 29.9 Å². The molecule has 0 aromatic carbocycles. The molecule has 0 radical (unpaired) electrons. The van der Waals surface area contributed by atoms with Crippen molar-refractivity contribution < 1.29 is 13.2 Å². The zero-order chi connectivity index (χ0) is 13.0. The van der Waals surface area contributed by atoms with Crippen LogP contribution in [-0.4, -0.2) is 22.9 Å². The second kappa shape index (κ2) is 3.73. The van der Waals surface area contributed by atoms with Gasteiger partial charge in [-0.3, -0.25) is 4.68 Å². The predicted octanol–water partition coefficient (Wildman–Crippen LogP) is 2.21. The van der Waals surface area contributed by atoms with Gasteiger partial charge in [-0.1, -0.05) is 0 Å². The minimum Gasteiger partial charge on any atom is -0.316 e. The standard InChI is InChI=1S/C12H16F3N3/c1-8-2-10(12(13,14)15)17-18(8)5-9-3-11(4-9)6-16-7-11/h2,9,16H,3-7H2,1H3. The first-order chi connectivity index (χ1) is 8.38. The number of nitrogens with zero attached hydrogens (tertiary/aromatic N) is 2. The van der Waals surface area contributed by atoms with Crippen LogP contribution in [0.1, 0.15) is 24.2 Å². The van der Waals surface area contributed by atoms with Crippen LogP contribution in [0.5, 0.6) is 0 Å². The van der Waals surface area contributed by atoms with Crippen LogP contribution >= 0.6 is 0 Å². The van der Waals surface area contributed by atoms with Crippen LogP contribution in [0, 0.1) is 18.3 Å². The number of nitrogens with one attached hydrogen (secondary N) is 1. The van der Waals surface area contributed by atoms with E-state index in [1.165, 1.54) is 4.68 Å². The third-order valence-corrected chi connectivity index (χ3v) is 4.15. The van der Waals surface area contributed by atoms with Gasteiger partial charge in [-0.2, -0.15) is 18.3 Å². The Morgan fingerprint density at radius 3 is 2.56 bits per heavy atom. The average Bonchev–Trinajstić information content (AvgIpc) is 2.49. The van der Waals surface area contributed by atoms with E-state index in [-0.39, 0.29) is 0 Å². The Bertz CT molecular complexity index is 452. The second-order valence-electron chi connectivity index (χ2n) is 5.73. The Balaban J connectivity index is 1.65. The third-order valence-electron chi connectivity index (χ3n) is 4.15. The summed E-state index contributed by atoms with van der Waals surface area (Å²) in [6.07, 6.45) is -2.12. The fourth-order valence-corrected chi connectivity index (χ4v) is 3.14. The summed E-state index contributed by atoms with van der Waals surface area (Å²) in [6, 6.07) is 1.12. The van der Waals surface area contributed by atoms with Crippen molar-refractivity contribution in [1.82, 2.24) is 15.1 Å². The van der Waals surface area contributed by atoms with Gasteiger partial charge >= 0.3 is 6.18 Å². The fraction of sp³-hybridized carbons (Fsp3) is 0.750. The average molecular weight is 259 g/mol. The molecule has 3 nitrogen and oxygen atoms in total. The van der Waals surface area contributed by atoms with Crippen molar-refractivity contribution >= 4 is 0 Å². The van der Waals surface area contributed by atoms with Gasteiger partial charge < -0.3 is 5.32 Å². The minimum atomic E-state index is -4.34. The molecule has 0 unspecified atom stereocenters. The van der Waals surface area contributed by atoms with E-state index in [9.17, 15) is 13.2 Å². The Morgan fingerprint density at radius 2 is 2.11 bits per heavy atom. The predicted molar refractivity (Wildman–Crippen MR) is 60.0 cm³/mol. The lowest BCUT2D eigenvalue weighted by molar-refractivity contribution is -0.141. The van der Waals surface area contributed by atoms with Crippen LogP contribution in [-0.2, 0) is 12.7 Å². The van der Waals surface area contributed by atoms with Crippen LogP contribution in [0.25, 0.3) is 0 Å². The van der Waals surface area contributed by atoms with Crippen molar-refractivity contribution in [2.75, 3.05) is 13.1 Å². The number of aromatic nitrogens is 2. The molecule has 0 atom stereocenters. The minimum absolute atomic E-state index is 0.457. The second-order valence-corrected chi connectivity index (χ2v) is 5.73. The molecule has 1 aromatic rings. The van der Waals surface area contributed by atoms with Crippen LogP contribution in [0.4, 0.5) is 13.2 Å². The third kappa shape index (κ3) is 1.92. The van der Waals surface area contributed by atoms with Crippen molar-refractivity contribution in [2.24, 2.45) is 11.3 Å². The van der Waals surface area contributed by atoms with Crippen LogP contribution in [0.3, 0.4) is 0 Å². The molecule has 2 heterocycles. The first-order valence-corrected chi connectivity index (χ1v) is 6.20. The zero-order valence-electron chi connectivity index (χ0n) is 10.2. The highest BCUT2D eigenvalue weighted by molar-refractivity contribution is 5.12. The fourth-order valence-electron chi connectivity index (χ4n) is 3.14. The monoisotopic (exact) mass is 259 g/mol. The SMILES string of the molecule is Cc1cc(C(F)(F)F)nn1CC1CC2(CNC2)C1. The molecule has 6 heteroatoms. The summed E-state index contributed by atoms with van der Waals surface area (Å²) in [4.78, 5) is 0. The number of halogens is 3. The van der Waals surface area contributed by atoms with Gasteiger partial charge in [0, 0.05) is 25.3 Å². The molecule has 0 amide bonds. The molecule has 1 spiro atoms. The van der Waals surface area contributed by atoms with E-state index in [4.69, 9.17) is 0 Å². The first kappa shape index (κ1) is 12.0. The number of aryl methyl sites for hydroxylation is 1. The summed E-state index contributed by atoms with van der Waals surface area (Å²) in [6.45, 7) is 4.43. The molecule has 18 heavy (non-hydrogen) atoms. The highest BCUT2D eigenvalue weighted by atomic mass is 19.4. The number of alkyl halides is 3. The van der Waals surface area contributed by atoms with E-state index < -0.39 is 11.9 Å². The van der Waals surface area contributed by atoms with Crippen molar-refractivity contribution in [3.63, 3.8) is 0 Å². The highest BCUT2D eigenvalue weighted by Crippen LogP contribution is 2.49. The molecule has 1 saturated heterocycles. The number of hydrogen-bond donors (Lipinski definition) is 1. The molecule has 1 saturated carbocycles. The van der Waals surface area contributed by atoms with Gasteiger partial charge in [0.05, 0.1) is 0 Å². The molecular weight excluding hydrogens is 243 g/mol. The van der Waals surface area contributed by atoms with Crippen molar-refractivity contribution in [2.45, 2.75) is 32.5 Å². The maximum absolute atomic E-state index is 12.5. The van der Waals surface area contributed by atoms with Gasteiger partial charge in [0.15, 0.2) is 5.69 Å². The molecule has 1 aromatic heterocycles. The molecule has 1 N–H and O–H groups in total. The van der Waals surface area contributed by atoms with E-state index in [1.54, 1.807) is 6.92 Å². The zero-order valence-corrected chi connectivity index (χ0v) is 10.2. The van der Waals surface area contributed by atoms with E-state index >= 15 is 0 Å². The summed E-state index contributed by atoms with van der Waals surface area (Å²) in [5.41, 5.74) is 0.271. The lowest BCUT2D eigenvalue weighted by atomic mass is 9.58.